The third-order valence-corrected chi connectivity index (χ3v) is 3.26. The summed E-state index contributed by atoms with van der Waals surface area (Å²) in [5, 5.41) is 9.18. The van der Waals surface area contributed by atoms with E-state index in [1.54, 1.807) is 12.1 Å². The molecule has 1 saturated carbocycles. The normalized spacial score (nSPS) is 16.3. The van der Waals surface area contributed by atoms with E-state index in [0.29, 0.717) is 11.5 Å². The second kappa shape index (κ2) is 5.76. The van der Waals surface area contributed by atoms with Gasteiger partial charge in [0.2, 0.25) is 0 Å². The summed E-state index contributed by atoms with van der Waals surface area (Å²) in [4.78, 5) is 11.2. The zero-order chi connectivity index (χ0) is 13.0. The summed E-state index contributed by atoms with van der Waals surface area (Å²) in [5.41, 5.74) is 0.167. The predicted octanol–water partition coefficient (Wildman–Crippen LogP) is 3.10. The molecule has 0 unspecified atom stereocenters. The smallest absolute Gasteiger partial charge is 0.339 e. The molecule has 4 nitrogen and oxygen atoms in total. The number of benzene rings is 1. The molecule has 0 bridgehead atoms. The van der Waals surface area contributed by atoms with Crippen LogP contribution in [0.15, 0.2) is 18.2 Å². The fourth-order valence-electron chi connectivity index (χ4n) is 2.27. The zero-order valence-electron chi connectivity index (χ0n) is 10.5. The molecule has 1 aliphatic carbocycles. The van der Waals surface area contributed by atoms with Crippen LogP contribution in [-0.2, 0) is 0 Å². The van der Waals surface area contributed by atoms with Crippen LogP contribution in [0.3, 0.4) is 0 Å². The Morgan fingerprint density at radius 3 is 2.61 bits per heavy atom. The fraction of sp³-hybridized carbons (Fsp3) is 0.500. The van der Waals surface area contributed by atoms with Gasteiger partial charge in [0, 0.05) is 0 Å². The van der Waals surface area contributed by atoms with Crippen LogP contribution < -0.4 is 9.47 Å². The van der Waals surface area contributed by atoms with Gasteiger partial charge in [-0.1, -0.05) is 6.42 Å². The van der Waals surface area contributed by atoms with Gasteiger partial charge in [-0.05, 0) is 43.9 Å². The molecule has 0 aromatic heterocycles. The van der Waals surface area contributed by atoms with Crippen molar-refractivity contribution in [3.63, 3.8) is 0 Å². The van der Waals surface area contributed by atoms with Crippen molar-refractivity contribution in [2.24, 2.45) is 0 Å². The largest absolute Gasteiger partial charge is 0.497 e. The van der Waals surface area contributed by atoms with Gasteiger partial charge in [-0.2, -0.15) is 0 Å². The first-order valence-corrected chi connectivity index (χ1v) is 6.28. The van der Waals surface area contributed by atoms with Crippen molar-refractivity contribution in [2.75, 3.05) is 7.11 Å². The van der Waals surface area contributed by atoms with Crippen LogP contribution in [0.1, 0.15) is 42.5 Å². The number of carboxylic acids is 1. The molecule has 2 rings (SSSR count). The molecule has 1 aromatic carbocycles. The monoisotopic (exact) mass is 250 g/mol. The highest BCUT2D eigenvalue weighted by Crippen LogP contribution is 2.28. The summed E-state index contributed by atoms with van der Waals surface area (Å²) in [6, 6.07) is 4.90. The summed E-state index contributed by atoms with van der Waals surface area (Å²) in [5.74, 6) is -0.0155. The first-order chi connectivity index (χ1) is 8.70. The zero-order valence-corrected chi connectivity index (χ0v) is 10.5. The first kappa shape index (κ1) is 12.7. The van der Waals surface area contributed by atoms with E-state index in [4.69, 9.17) is 9.47 Å². The maximum absolute atomic E-state index is 11.2. The third-order valence-electron chi connectivity index (χ3n) is 3.26. The summed E-state index contributed by atoms with van der Waals surface area (Å²) in [6.07, 6.45) is 5.71. The van der Waals surface area contributed by atoms with Crippen LogP contribution in [0.5, 0.6) is 11.5 Å². The average Bonchev–Trinajstić information content (AvgIpc) is 2.40. The number of hydrogen-bond donors (Lipinski definition) is 1. The number of hydrogen-bond acceptors (Lipinski definition) is 3. The van der Waals surface area contributed by atoms with E-state index < -0.39 is 5.97 Å². The Kier molecular flexibility index (Phi) is 4.07. The van der Waals surface area contributed by atoms with Crippen LogP contribution in [0.2, 0.25) is 0 Å². The molecule has 0 aliphatic heterocycles. The lowest BCUT2D eigenvalue weighted by molar-refractivity contribution is 0.0685. The highest BCUT2D eigenvalue weighted by molar-refractivity contribution is 5.91. The molecule has 0 spiro atoms. The van der Waals surface area contributed by atoms with E-state index >= 15 is 0 Å². The standard InChI is InChI=1S/C14H18O4/c1-17-11-7-8-13(12(9-11)14(15)16)18-10-5-3-2-4-6-10/h7-10H,2-6H2,1H3,(H,15,16). The Hall–Kier alpha value is -1.71. The maximum Gasteiger partial charge on any atom is 0.339 e. The number of ether oxygens (including phenoxy) is 2. The number of carbonyl (C=O) groups is 1. The summed E-state index contributed by atoms with van der Waals surface area (Å²) in [7, 11) is 1.52. The van der Waals surface area contributed by atoms with Gasteiger partial charge in [0.25, 0.3) is 0 Å². The van der Waals surface area contributed by atoms with Gasteiger partial charge in [-0.15, -0.1) is 0 Å². The third kappa shape index (κ3) is 2.94. The number of aromatic carboxylic acids is 1. The topological polar surface area (TPSA) is 55.8 Å². The minimum atomic E-state index is -0.986. The van der Waals surface area contributed by atoms with Crippen LogP contribution >= 0.6 is 0 Å². The molecule has 18 heavy (non-hydrogen) atoms. The van der Waals surface area contributed by atoms with Crippen molar-refractivity contribution in [1.29, 1.82) is 0 Å². The van der Waals surface area contributed by atoms with Crippen LogP contribution in [0.4, 0.5) is 0 Å². The quantitative estimate of drug-likeness (QED) is 0.892. The van der Waals surface area contributed by atoms with Gasteiger partial charge in [-0.25, -0.2) is 4.79 Å². The van der Waals surface area contributed by atoms with E-state index in [1.165, 1.54) is 19.6 Å². The molecule has 1 N–H and O–H groups in total. The van der Waals surface area contributed by atoms with E-state index in [0.717, 1.165) is 25.7 Å². The fourth-order valence-corrected chi connectivity index (χ4v) is 2.27. The van der Waals surface area contributed by atoms with E-state index in [2.05, 4.69) is 0 Å². The van der Waals surface area contributed by atoms with Crippen molar-refractivity contribution in [2.45, 2.75) is 38.2 Å². The Labute approximate surface area is 107 Å². The second-order valence-electron chi connectivity index (χ2n) is 4.55. The number of rotatable bonds is 4. The van der Waals surface area contributed by atoms with E-state index in [9.17, 15) is 9.90 Å². The minimum absolute atomic E-state index is 0.144. The molecule has 0 saturated heterocycles. The summed E-state index contributed by atoms with van der Waals surface area (Å²) >= 11 is 0. The molecule has 98 valence electrons. The van der Waals surface area contributed by atoms with Crippen LogP contribution in [-0.4, -0.2) is 24.3 Å². The highest BCUT2D eigenvalue weighted by Gasteiger charge is 2.19. The number of methoxy groups -OCH3 is 1. The predicted molar refractivity (Wildman–Crippen MR) is 67.5 cm³/mol. The molecule has 0 atom stereocenters. The Bertz CT molecular complexity index is 422. The van der Waals surface area contributed by atoms with Crippen molar-refractivity contribution in [1.82, 2.24) is 0 Å². The van der Waals surface area contributed by atoms with Gasteiger partial charge in [-0.3, -0.25) is 0 Å². The second-order valence-corrected chi connectivity index (χ2v) is 4.55. The molecule has 0 radical (unpaired) electrons. The van der Waals surface area contributed by atoms with Crippen LogP contribution in [0, 0.1) is 0 Å². The van der Waals surface area contributed by atoms with Gasteiger partial charge >= 0.3 is 5.97 Å². The highest BCUT2D eigenvalue weighted by atomic mass is 16.5. The summed E-state index contributed by atoms with van der Waals surface area (Å²) < 4.78 is 10.8. The maximum atomic E-state index is 11.2. The van der Waals surface area contributed by atoms with Crippen molar-refractivity contribution in [3.05, 3.63) is 23.8 Å². The minimum Gasteiger partial charge on any atom is -0.497 e. The molecule has 4 heteroatoms. The van der Waals surface area contributed by atoms with Gasteiger partial charge < -0.3 is 14.6 Å². The number of carboxylic acid groups (broad SMARTS) is 1. The van der Waals surface area contributed by atoms with Crippen LogP contribution in [0.25, 0.3) is 0 Å². The molecular formula is C14H18O4. The van der Waals surface area contributed by atoms with Gasteiger partial charge in [0.1, 0.15) is 17.1 Å². The SMILES string of the molecule is COc1ccc(OC2CCCCC2)c(C(=O)O)c1. The lowest BCUT2D eigenvalue weighted by Crippen LogP contribution is -2.20. The molecule has 1 aliphatic rings. The Balaban J connectivity index is 2.17. The lowest BCUT2D eigenvalue weighted by atomic mass is 9.97. The van der Waals surface area contributed by atoms with E-state index in [1.807, 2.05) is 0 Å². The van der Waals surface area contributed by atoms with Crippen molar-refractivity contribution >= 4 is 5.97 Å². The molecule has 0 amide bonds. The summed E-state index contributed by atoms with van der Waals surface area (Å²) in [6.45, 7) is 0. The first-order valence-electron chi connectivity index (χ1n) is 6.28. The van der Waals surface area contributed by atoms with Gasteiger partial charge in [0.15, 0.2) is 0 Å². The Morgan fingerprint density at radius 2 is 2.00 bits per heavy atom. The van der Waals surface area contributed by atoms with Gasteiger partial charge in [0.05, 0.1) is 13.2 Å². The molecule has 0 heterocycles. The van der Waals surface area contributed by atoms with Crippen molar-refractivity contribution in [3.8, 4) is 11.5 Å². The van der Waals surface area contributed by atoms with E-state index in [-0.39, 0.29) is 11.7 Å². The average molecular weight is 250 g/mol. The molecule has 1 aromatic rings. The lowest BCUT2D eigenvalue weighted by Gasteiger charge is -2.23. The van der Waals surface area contributed by atoms with Crippen molar-refractivity contribution < 1.29 is 19.4 Å². The Morgan fingerprint density at radius 1 is 1.28 bits per heavy atom. The molecule has 1 fully saturated rings. The molecular weight excluding hydrogens is 232 g/mol.